The van der Waals surface area contributed by atoms with Crippen molar-refractivity contribution in [2.45, 2.75) is 39.6 Å². The third-order valence-corrected chi connectivity index (χ3v) is 8.75. The van der Waals surface area contributed by atoms with Crippen LogP contribution in [0.1, 0.15) is 34.8 Å². The molecule has 0 bridgehead atoms. The first kappa shape index (κ1) is 31.5. The predicted octanol–water partition coefficient (Wildman–Crippen LogP) is 2.69. The minimum Gasteiger partial charge on any atom is -0.387 e. The summed E-state index contributed by atoms with van der Waals surface area (Å²) < 4.78 is 15.4. The van der Waals surface area contributed by atoms with Crippen LogP contribution in [0.15, 0.2) is 70.7 Å². The summed E-state index contributed by atoms with van der Waals surface area (Å²) in [6.07, 6.45) is 3.47. The van der Waals surface area contributed by atoms with Gasteiger partial charge < -0.3 is 28.1 Å². The number of morpholine rings is 1. The molecule has 12 nitrogen and oxygen atoms in total. The Morgan fingerprint density at radius 1 is 0.978 bits per heavy atom. The van der Waals surface area contributed by atoms with Gasteiger partial charge in [0.15, 0.2) is 0 Å². The van der Waals surface area contributed by atoms with E-state index in [4.69, 9.17) is 4.74 Å². The first-order valence-corrected chi connectivity index (χ1v) is 15.8. The fraction of sp³-hybridized carbons (Fsp3) is 0.412. The number of carbonyl (C=O) groups is 1. The van der Waals surface area contributed by atoms with E-state index >= 15 is 0 Å². The summed E-state index contributed by atoms with van der Waals surface area (Å²) in [4.78, 5) is 25.1. The molecule has 4 heterocycles. The third kappa shape index (κ3) is 5.91. The maximum atomic E-state index is 13.6. The van der Waals surface area contributed by atoms with E-state index in [0.29, 0.717) is 50.7 Å². The Morgan fingerprint density at radius 2 is 1.65 bits per heavy atom. The minimum absolute atomic E-state index is 0.359. The van der Waals surface area contributed by atoms with E-state index in [9.17, 15) is 9.90 Å². The van der Waals surface area contributed by atoms with Crippen molar-refractivity contribution < 1.29 is 14.6 Å². The number of aryl methyl sites for hydroxylation is 4. The molecule has 12 heteroatoms. The van der Waals surface area contributed by atoms with Crippen LogP contribution in [0.3, 0.4) is 0 Å². The molecule has 0 saturated carbocycles. The molecule has 1 amide bonds. The Bertz CT molecular complexity index is 2050. The summed E-state index contributed by atoms with van der Waals surface area (Å²) >= 11 is 0. The number of hydrogen-bond acceptors (Lipinski definition) is 6. The average Bonchev–Trinajstić information content (AvgIpc) is 3.68. The molecule has 1 unspecified atom stereocenters. The van der Waals surface area contributed by atoms with E-state index in [1.54, 1.807) is 17.8 Å². The van der Waals surface area contributed by atoms with E-state index in [1.807, 2.05) is 67.4 Å². The van der Waals surface area contributed by atoms with Gasteiger partial charge in [-0.25, -0.2) is 0 Å². The summed E-state index contributed by atoms with van der Waals surface area (Å²) in [5, 5.41) is 16.0. The van der Waals surface area contributed by atoms with Crippen molar-refractivity contribution in [2.24, 2.45) is 24.1 Å². The molecule has 1 N–H and O–H groups in total. The molecule has 1 fully saturated rings. The van der Waals surface area contributed by atoms with Crippen LogP contribution in [-0.2, 0) is 38.5 Å². The normalized spacial score (nSPS) is 16.0. The predicted molar refractivity (Wildman–Crippen MR) is 177 cm³/mol. The van der Waals surface area contributed by atoms with Crippen LogP contribution in [-0.4, -0.2) is 83.9 Å². The van der Waals surface area contributed by atoms with Crippen molar-refractivity contribution in [1.82, 2.24) is 32.9 Å². The lowest BCUT2D eigenvalue weighted by Gasteiger charge is -2.28. The van der Waals surface area contributed by atoms with Crippen molar-refractivity contribution in [3.8, 4) is 0 Å². The molecule has 1 aliphatic heterocycles. The van der Waals surface area contributed by atoms with Crippen molar-refractivity contribution >= 4 is 28.0 Å². The number of amides is 1. The van der Waals surface area contributed by atoms with E-state index < -0.39 is 6.10 Å². The second-order valence-electron chi connectivity index (χ2n) is 11.7. The van der Waals surface area contributed by atoms with Gasteiger partial charge in [0, 0.05) is 66.0 Å². The number of fused-ring (bicyclic) bond motifs is 2. The molecule has 1 saturated heterocycles. The number of rotatable bonds is 9. The number of aromatic nitrogens is 6. The fourth-order valence-electron chi connectivity index (χ4n) is 6.50. The number of benzene rings is 2. The zero-order valence-corrected chi connectivity index (χ0v) is 27.3. The quantitative estimate of drug-likeness (QED) is 0.253. The molecule has 0 radical (unpaired) electrons. The standard InChI is InChI=1S/C34H43N9O3/c1-6-43-29(22-24(2)37-43)32(45)36-34-39(5)28-15-11-12-25(30(44)23-40-18-20-46-21-19-40)31(28)42(34)17-10-9-16-41-27-14-8-7-13-26(27)38(4)33(41)35-3/h7-15,22,30,44H,6,16-21,23H2,1-5H3/b10-9+,35-33?,36-34?. The van der Waals surface area contributed by atoms with Gasteiger partial charge in [0.25, 0.3) is 5.91 Å². The minimum atomic E-state index is -0.730. The number of nitrogens with zero attached hydrogens (tertiary/aromatic N) is 9. The average molecular weight is 626 g/mol. The first-order valence-electron chi connectivity index (χ1n) is 15.8. The Balaban J connectivity index is 1.43. The fourth-order valence-corrected chi connectivity index (χ4v) is 6.50. The van der Waals surface area contributed by atoms with Crippen LogP contribution in [0.2, 0.25) is 0 Å². The van der Waals surface area contributed by atoms with Crippen LogP contribution in [0.4, 0.5) is 0 Å². The van der Waals surface area contributed by atoms with Crippen LogP contribution in [0, 0.1) is 6.92 Å². The second-order valence-corrected chi connectivity index (χ2v) is 11.7. The highest BCUT2D eigenvalue weighted by atomic mass is 16.5. The van der Waals surface area contributed by atoms with Crippen molar-refractivity contribution in [2.75, 3.05) is 39.9 Å². The van der Waals surface area contributed by atoms with Gasteiger partial charge in [-0.2, -0.15) is 10.1 Å². The number of ether oxygens (including phenoxy) is 1. The molecular formula is C34H43N9O3. The monoisotopic (exact) mass is 625 g/mol. The Kier molecular flexibility index (Phi) is 9.20. The van der Waals surface area contributed by atoms with E-state index in [-0.39, 0.29) is 5.91 Å². The molecular weight excluding hydrogens is 582 g/mol. The number of β-amino-alcohol motifs (C(OH)–C–C–N with tert-alkyl or cyclic N) is 1. The highest BCUT2D eigenvalue weighted by molar-refractivity contribution is 5.93. The number of carbonyl (C=O) groups excluding carboxylic acids is 1. The lowest BCUT2D eigenvalue weighted by atomic mass is 10.1. The number of aliphatic hydroxyl groups is 1. The zero-order valence-electron chi connectivity index (χ0n) is 27.3. The molecule has 2 aromatic carbocycles. The van der Waals surface area contributed by atoms with Gasteiger partial charge in [0.05, 0.1) is 47.1 Å². The van der Waals surface area contributed by atoms with E-state index in [2.05, 4.69) is 53.4 Å². The summed E-state index contributed by atoms with van der Waals surface area (Å²) in [5.74, 6) is -0.359. The molecule has 3 aromatic heterocycles. The molecule has 1 atom stereocenters. The molecule has 1 aliphatic rings. The molecule has 0 aliphatic carbocycles. The van der Waals surface area contributed by atoms with Gasteiger partial charge in [-0.3, -0.25) is 19.4 Å². The summed E-state index contributed by atoms with van der Waals surface area (Å²) in [6, 6.07) is 16.0. The van der Waals surface area contributed by atoms with Crippen LogP contribution < -0.4 is 11.2 Å². The van der Waals surface area contributed by atoms with Crippen molar-refractivity contribution in [3.05, 3.63) is 88.9 Å². The molecule has 6 rings (SSSR count). The third-order valence-electron chi connectivity index (χ3n) is 8.75. The summed E-state index contributed by atoms with van der Waals surface area (Å²) in [6.45, 7) is 8.83. The first-order chi connectivity index (χ1) is 22.3. The number of imidazole rings is 2. The maximum absolute atomic E-state index is 13.6. The lowest BCUT2D eigenvalue weighted by Crippen LogP contribution is -2.38. The maximum Gasteiger partial charge on any atom is 0.298 e. The van der Waals surface area contributed by atoms with Crippen molar-refractivity contribution in [1.29, 1.82) is 0 Å². The SMILES string of the molecule is CCn1nc(C)cc1C(=O)N=c1n(C)c2cccc(C(O)CN3CCOCC3)c2n1C/C=C/Cn1c(=NC)n(C)c2ccccc21. The summed E-state index contributed by atoms with van der Waals surface area (Å²) in [5.41, 5.74) is 7.34. The molecule has 5 aromatic rings. The number of para-hydroxylation sites is 3. The van der Waals surface area contributed by atoms with Gasteiger partial charge in [0.1, 0.15) is 5.69 Å². The highest BCUT2D eigenvalue weighted by Crippen LogP contribution is 2.25. The molecule has 242 valence electrons. The van der Waals surface area contributed by atoms with Crippen LogP contribution in [0.5, 0.6) is 0 Å². The van der Waals surface area contributed by atoms with Gasteiger partial charge in [-0.1, -0.05) is 36.4 Å². The Labute approximate surface area is 267 Å². The van der Waals surface area contributed by atoms with Crippen LogP contribution in [0.25, 0.3) is 22.1 Å². The highest BCUT2D eigenvalue weighted by Gasteiger charge is 2.22. The second kappa shape index (κ2) is 13.5. The Hall–Kier alpha value is -4.52. The smallest absolute Gasteiger partial charge is 0.298 e. The number of hydrogen-bond donors (Lipinski definition) is 1. The van der Waals surface area contributed by atoms with Gasteiger partial charge in [-0.05, 0) is 38.1 Å². The van der Waals surface area contributed by atoms with Gasteiger partial charge in [-0.15, -0.1) is 0 Å². The zero-order chi connectivity index (χ0) is 32.4. The van der Waals surface area contributed by atoms with Gasteiger partial charge in [0.2, 0.25) is 11.2 Å². The van der Waals surface area contributed by atoms with E-state index in [1.165, 1.54) is 0 Å². The van der Waals surface area contributed by atoms with Crippen LogP contribution >= 0.6 is 0 Å². The number of aliphatic hydroxyl groups excluding tert-OH is 1. The van der Waals surface area contributed by atoms with E-state index in [0.717, 1.165) is 52.0 Å². The summed E-state index contributed by atoms with van der Waals surface area (Å²) in [7, 11) is 5.74. The lowest BCUT2D eigenvalue weighted by molar-refractivity contribution is 0.0145. The largest absolute Gasteiger partial charge is 0.387 e. The Morgan fingerprint density at radius 3 is 2.37 bits per heavy atom. The number of allylic oxidation sites excluding steroid dienone is 2. The topological polar surface area (TPSA) is 112 Å². The van der Waals surface area contributed by atoms with Crippen molar-refractivity contribution in [3.63, 3.8) is 0 Å². The molecule has 0 spiro atoms. The molecule has 46 heavy (non-hydrogen) atoms. The van der Waals surface area contributed by atoms with Gasteiger partial charge >= 0.3 is 0 Å².